The minimum absolute atomic E-state index is 0.164. The summed E-state index contributed by atoms with van der Waals surface area (Å²) in [5, 5.41) is 3.52. The summed E-state index contributed by atoms with van der Waals surface area (Å²) < 4.78 is 5.91. The zero-order valence-electron chi connectivity index (χ0n) is 11.9. The van der Waals surface area contributed by atoms with Gasteiger partial charge in [-0.25, -0.2) is 4.79 Å². The van der Waals surface area contributed by atoms with Gasteiger partial charge in [-0.1, -0.05) is 19.9 Å². The maximum atomic E-state index is 11.4. The molecule has 1 aliphatic rings. The van der Waals surface area contributed by atoms with E-state index in [1.165, 1.54) is 0 Å². The van der Waals surface area contributed by atoms with Crippen molar-refractivity contribution < 1.29 is 4.74 Å². The van der Waals surface area contributed by atoms with Gasteiger partial charge in [0.1, 0.15) is 0 Å². The second-order valence-corrected chi connectivity index (χ2v) is 5.52. The molecular weight excluding hydrogens is 254 g/mol. The average Bonchev–Trinajstić information content (AvgIpc) is 3.00. The topological polar surface area (TPSA) is 69.9 Å². The first-order valence-corrected chi connectivity index (χ1v) is 7.26. The average molecular weight is 275 g/mol. The standard InChI is InChI=1S/C15H21N3O2/c1-3-16-13(14-9(2)6-7-20-14)10-4-5-11-12(8-10)18-15(19)17-11/h4-5,8-9,13-14,16H,3,6-7H2,1-2H3,(H2,17,18,19). The molecule has 5 heteroatoms. The Bertz CT molecular complexity index is 646. The number of H-pyrrole nitrogens is 2. The quantitative estimate of drug-likeness (QED) is 0.798. The van der Waals surface area contributed by atoms with Crippen LogP contribution in [0.5, 0.6) is 0 Å². The van der Waals surface area contributed by atoms with Crippen LogP contribution in [0.3, 0.4) is 0 Å². The van der Waals surface area contributed by atoms with E-state index >= 15 is 0 Å². The lowest BCUT2D eigenvalue weighted by molar-refractivity contribution is 0.0612. The number of ether oxygens (including phenoxy) is 1. The van der Waals surface area contributed by atoms with E-state index in [0.717, 1.165) is 36.2 Å². The molecule has 3 atom stereocenters. The van der Waals surface area contributed by atoms with Crippen LogP contribution in [-0.4, -0.2) is 29.2 Å². The zero-order valence-corrected chi connectivity index (χ0v) is 11.9. The van der Waals surface area contributed by atoms with E-state index in [4.69, 9.17) is 4.74 Å². The Kier molecular flexibility index (Phi) is 3.63. The highest BCUT2D eigenvalue weighted by Crippen LogP contribution is 2.32. The minimum Gasteiger partial charge on any atom is -0.376 e. The lowest BCUT2D eigenvalue weighted by Crippen LogP contribution is -2.34. The molecule has 1 saturated heterocycles. The van der Waals surface area contributed by atoms with Crippen LogP contribution in [0.25, 0.3) is 11.0 Å². The van der Waals surface area contributed by atoms with E-state index in [9.17, 15) is 4.79 Å². The van der Waals surface area contributed by atoms with Crippen LogP contribution < -0.4 is 11.0 Å². The van der Waals surface area contributed by atoms with Gasteiger partial charge in [0.15, 0.2) is 0 Å². The molecule has 0 bridgehead atoms. The Hall–Kier alpha value is -1.59. The number of aromatic amines is 2. The summed E-state index contributed by atoms with van der Waals surface area (Å²) in [6.07, 6.45) is 1.30. The number of benzene rings is 1. The molecule has 1 aromatic carbocycles. The summed E-state index contributed by atoms with van der Waals surface area (Å²) in [5.41, 5.74) is 2.69. The van der Waals surface area contributed by atoms with E-state index in [1.807, 2.05) is 12.1 Å². The Morgan fingerprint density at radius 1 is 1.40 bits per heavy atom. The van der Waals surface area contributed by atoms with Crippen LogP contribution >= 0.6 is 0 Å². The number of hydrogen-bond donors (Lipinski definition) is 3. The fourth-order valence-electron chi connectivity index (χ4n) is 3.03. The molecule has 0 amide bonds. The number of rotatable bonds is 4. The maximum Gasteiger partial charge on any atom is 0.323 e. The van der Waals surface area contributed by atoms with Crippen molar-refractivity contribution in [3.63, 3.8) is 0 Å². The van der Waals surface area contributed by atoms with E-state index in [1.54, 1.807) is 0 Å². The van der Waals surface area contributed by atoms with Crippen molar-refractivity contribution in [3.05, 3.63) is 34.2 Å². The largest absolute Gasteiger partial charge is 0.376 e. The fourth-order valence-corrected chi connectivity index (χ4v) is 3.03. The van der Waals surface area contributed by atoms with Crippen LogP contribution in [0, 0.1) is 5.92 Å². The summed E-state index contributed by atoms with van der Waals surface area (Å²) in [6, 6.07) is 6.22. The third-order valence-electron chi connectivity index (χ3n) is 4.10. The number of hydrogen-bond acceptors (Lipinski definition) is 3. The van der Waals surface area contributed by atoms with Gasteiger partial charge in [-0.05, 0) is 36.6 Å². The fraction of sp³-hybridized carbons (Fsp3) is 0.533. The van der Waals surface area contributed by atoms with Crippen molar-refractivity contribution in [1.82, 2.24) is 15.3 Å². The number of nitrogens with one attached hydrogen (secondary N) is 3. The van der Waals surface area contributed by atoms with Crippen LogP contribution in [0.2, 0.25) is 0 Å². The number of imidazole rings is 1. The van der Waals surface area contributed by atoms with Crippen molar-refractivity contribution in [2.24, 2.45) is 5.92 Å². The molecule has 108 valence electrons. The lowest BCUT2D eigenvalue weighted by atomic mass is 9.92. The van der Waals surface area contributed by atoms with Gasteiger partial charge in [-0.15, -0.1) is 0 Å². The van der Waals surface area contributed by atoms with Crippen LogP contribution in [0.1, 0.15) is 31.9 Å². The molecule has 0 saturated carbocycles. The van der Waals surface area contributed by atoms with Gasteiger partial charge in [0.25, 0.3) is 0 Å². The molecule has 3 rings (SSSR count). The van der Waals surface area contributed by atoms with Gasteiger partial charge in [0.05, 0.1) is 23.2 Å². The Balaban J connectivity index is 1.97. The Morgan fingerprint density at radius 2 is 2.20 bits per heavy atom. The monoisotopic (exact) mass is 275 g/mol. The summed E-state index contributed by atoms with van der Waals surface area (Å²) in [7, 11) is 0. The SMILES string of the molecule is CCNC(c1ccc2[nH]c(=O)[nH]c2c1)C1OCCC1C. The van der Waals surface area contributed by atoms with E-state index in [2.05, 4.69) is 35.2 Å². The first-order valence-electron chi connectivity index (χ1n) is 7.26. The molecule has 5 nitrogen and oxygen atoms in total. The Morgan fingerprint density at radius 3 is 2.90 bits per heavy atom. The second kappa shape index (κ2) is 5.42. The molecule has 20 heavy (non-hydrogen) atoms. The first-order chi connectivity index (χ1) is 9.69. The van der Waals surface area contributed by atoms with Gasteiger partial charge in [0, 0.05) is 6.61 Å². The molecule has 2 heterocycles. The summed E-state index contributed by atoms with van der Waals surface area (Å²) >= 11 is 0. The number of fused-ring (bicyclic) bond motifs is 1. The normalized spacial score (nSPS) is 24.3. The number of aromatic nitrogens is 2. The summed E-state index contributed by atoms with van der Waals surface area (Å²) in [4.78, 5) is 16.9. The molecule has 0 radical (unpaired) electrons. The van der Waals surface area contributed by atoms with E-state index < -0.39 is 0 Å². The van der Waals surface area contributed by atoms with Crippen LogP contribution in [0.15, 0.2) is 23.0 Å². The zero-order chi connectivity index (χ0) is 14.1. The van der Waals surface area contributed by atoms with Crippen molar-refractivity contribution >= 4 is 11.0 Å². The summed E-state index contributed by atoms with van der Waals surface area (Å²) in [5.74, 6) is 0.542. The predicted molar refractivity (Wildman–Crippen MR) is 78.9 cm³/mol. The molecule has 0 spiro atoms. The summed E-state index contributed by atoms with van der Waals surface area (Å²) in [6.45, 7) is 6.05. The van der Waals surface area contributed by atoms with Crippen molar-refractivity contribution in [1.29, 1.82) is 0 Å². The molecule has 1 fully saturated rings. The highest BCUT2D eigenvalue weighted by Gasteiger charge is 2.32. The van der Waals surface area contributed by atoms with E-state index in [0.29, 0.717) is 5.92 Å². The number of likely N-dealkylation sites (N-methyl/N-ethyl adjacent to an activating group) is 1. The molecule has 3 unspecified atom stereocenters. The third-order valence-corrected chi connectivity index (χ3v) is 4.10. The highest BCUT2D eigenvalue weighted by molar-refractivity contribution is 5.75. The second-order valence-electron chi connectivity index (χ2n) is 5.52. The Labute approximate surface area is 117 Å². The molecule has 2 aromatic rings. The smallest absolute Gasteiger partial charge is 0.323 e. The van der Waals surface area contributed by atoms with Crippen molar-refractivity contribution in [3.8, 4) is 0 Å². The van der Waals surface area contributed by atoms with Gasteiger partial charge < -0.3 is 20.0 Å². The molecule has 0 aliphatic carbocycles. The van der Waals surface area contributed by atoms with Crippen LogP contribution in [0.4, 0.5) is 0 Å². The maximum absolute atomic E-state index is 11.4. The molecule has 1 aliphatic heterocycles. The van der Waals surface area contributed by atoms with Crippen LogP contribution in [-0.2, 0) is 4.74 Å². The first kappa shape index (κ1) is 13.4. The van der Waals surface area contributed by atoms with E-state index in [-0.39, 0.29) is 17.8 Å². The van der Waals surface area contributed by atoms with Gasteiger partial charge in [-0.3, -0.25) is 0 Å². The lowest BCUT2D eigenvalue weighted by Gasteiger charge is -2.27. The van der Waals surface area contributed by atoms with Crippen molar-refractivity contribution in [2.75, 3.05) is 13.2 Å². The van der Waals surface area contributed by atoms with Gasteiger partial charge >= 0.3 is 5.69 Å². The molecular formula is C15H21N3O2. The van der Waals surface area contributed by atoms with Crippen molar-refractivity contribution in [2.45, 2.75) is 32.4 Å². The highest BCUT2D eigenvalue weighted by atomic mass is 16.5. The predicted octanol–water partition coefficient (Wildman–Crippen LogP) is 1.93. The molecule has 1 aromatic heterocycles. The molecule has 3 N–H and O–H groups in total. The van der Waals surface area contributed by atoms with Gasteiger partial charge in [-0.2, -0.15) is 0 Å². The third kappa shape index (κ3) is 2.39. The minimum atomic E-state index is -0.164. The van der Waals surface area contributed by atoms with Gasteiger partial charge in [0.2, 0.25) is 0 Å².